The van der Waals surface area contributed by atoms with Crippen LogP contribution in [-0.4, -0.2) is 42.6 Å². The molecule has 1 saturated heterocycles. The van der Waals surface area contributed by atoms with Crippen molar-refractivity contribution in [3.8, 4) is 0 Å². The van der Waals surface area contributed by atoms with Crippen molar-refractivity contribution < 1.29 is 9.59 Å². The first-order valence-corrected chi connectivity index (χ1v) is 6.25. The van der Waals surface area contributed by atoms with Crippen LogP contribution in [0.15, 0.2) is 0 Å². The van der Waals surface area contributed by atoms with Crippen molar-refractivity contribution in [3.63, 3.8) is 0 Å². The zero-order valence-electron chi connectivity index (χ0n) is 9.25. The lowest BCUT2D eigenvalue weighted by atomic mass is 10.3. The van der Waals surface area contributed by atoms with Crippen LogP contribution in [0, 0.1) is 0 Å². The molecule has 0 aromatic carbocycles. The molecule has 0 unspecified atom stereocenters. The quantitative estimate of drug-likeness (QED) is 0.641. The Balaban J connectivity index is 0.00000225. The van der Waals surface area contributed by atoms with E-state index in [0.717, 1.165) is 18.1 Å². The Morgan fingerprint density at radius 3 is 2.75 bits per heavy atom. The summed E-state index contributed by atoms with van der Waals surface area (Å²) in [6.07, 6.45) is 0.903. The van der Waals surface area contributed by atoms with Crippen LogP contribution in [-0.2, 0) is 9.59 Å². The summed E-state index contributed by atoms with van der Waals surface area (Å²) in [5.74, 6) is 1.37. The smallest absolute Gasteiger partial charge is 0.239 e. The fourth-order valence-corrected chi connectivity index (χ4v) is 2.12. The number of hydrogen-bond donors (Lipinski definition) is 3. The van der Waals surface area contributed by atoms with E-state index in [4.69, 9.17) is 0 Å². The molecule has 7 heteroatoms. The molecule has 3 N–H and O–H groups in total. The van der Waals surface area contributed by atoms with Gasteiger partial charge in [-0.3, -0.25) is 14.9 Å². The second-order valence-electron chi connectivity index (χ2n) is 3.34. The van der Waals surface area contributed by atoms with E-state index >= 15 is 0 Å². The first-order chi connectivity index (χ1) is 7.24. The third-order valence-corrected chi connectivity index (χ3v) is 2.97. The zero-order valence-corrected chi connectivity index (χ0v) is 10.9. The minimum absolute atomic E-state index is 0. The highest BCUT2D eigenvalue weighted by atomic mass is 35.5. The van der Waals surface area contributed by atoms with E-state index in [2.05, 4.69) is 16.0 Å². The Morgan fingerprint density at radius 2 is 2.19 bits per heavy atom. The van der Waals surface area contributed by atoms with Crippen LogP contribution < -0.4 is 16.0 Å². The Morgan fingerprint density at radius 1 is 1.44 bits per heavy atom. The molecule has 1 heterocycles. The lowest BCUT2D eigenvalue weighted by Gasteiger charge is -2.10. The molecule has 0 spiro atoms. The Bertz CT molecular complexity index is 235. The Hall–Kier alpha value is -0.460. The van der Waals surface area contributed by atoms with Gasteiger partial charge in [0, 0.05) is 18.2 Å². The van der Waals surface area contributed by atoms with Gasteiger partial charge in [0.25, 0.3) is 0 Å². The van der Waals surface area contributed by atoms with Gasteiger partial charge in [-0.05, 0) is 6.42 Å². The molecule has 0 radical (unpaired) electrons. The fraction of sp³-hybridized carbons (Fsp3) is 0.778. The molecule has 1 aliphatic rings. The van der Waals surface area contributed by atoms with E-state index in [1.54, 1.807) is 11.8 Å². The molecule has 0 saturated carbocycles. The molecule has 0 bridgehead atoms. The summed E-state index contributed by atoms with van der Waals surface area (Å²) in [5, 5.41) is 8.35. The minimum atomic E-state index is -0.144. The molecular weight excluding hydrogens is 250 g/mol. The van der Waals surface area contributed by atoms with Crippen LogP contribution in [0.3, 0.4) is 0 Å². The topological polar surface area (TPSA) is 70.2 Å². The average molecular weight is 268 g/mol. The van der Waals surface area contributed by atoms with Crippen molar-refractivity contribution in [3.05, 3.63) is 0 Å². The molecule has 0 aromatic rings. The normalized spacial score (nSPS) is 18.7. The maximum Gasteiger partial charge on any atom is 0.239 e. The lowest BCUT2D eigenvalue weighted by Crippen LogP contribution is -2.45. The summed E-state index contributed by atoms with van der Waals surface area (Å²) in [7, 11) is 0. The van der Waals surface area contributed by atoms with Crippen LogP contribution in [0.5, 0.6) is 0 Å². The van der Waals surface area contributed by atoms with Gasteiger partial charge in [-0.1, -0.05) is 6.92 Å². The SMILES string of the molecule is CCCNC(=O)CNC(=O)[C@H]1CSCN1.Cl. The summed E-state index contributed by atoms with van der Waals surface area (Å²) in [5.41, 5.74) is 0. The van der Waals surface area contributed by atoms with Crippen molar-refractivity contribution in [2.24, 2.45) is 0 Å². The van der Waals surface area contributed by atoms with Crippen molar-refractivity contribution in [2.75, 3.05) is 24.7 Å². The molecule has 0 aromatic heterocycles. The number of thioether (sulfide) groups is 1. The monoisotopic (exact) mass is 267 g/mol. The van der Waals surface area contributed by atoms with Crippen molar-refractivity contribution in [2.45, 2.75) is 19.4 Å². The van der Waals surface area contributed by atoms with Gasteiger partial charge in [0.05, 0.1) is 12.6 Å². The van der Waals surface area contributed by atoms with Crippen molar-refractivity contribution >= 4 is 36.0 Å². The van der Waals surface area contributed by atoms with Crippen LogP contribution >= 0.6 is 24.2 Å². The fourth-order valence-electron chi connectivity index (χ4n) is 1.18. The number of carbonyl (C=O) groups is 2. The Labute approximate surface area is 106 Å². The molecule has 94 valence electrons. The number of nitrogens with one attached hydrogen (secondary N) is 3. The predicted molar refractivity (Wildman–Crippen MR) is 67.8 cm³/mol. The number of halogens is 1. The van der Waals surface area contributed by atoms with E-state index < -0.39 is 0 Å². The van der Waals surface area contributed by atoms with Gasteiger partial charge in [-0.15, -0.1) is 24.2 Å². The number of hydrogen-bond acceptors (Lipinski definition) is 4. The van der Waals surface area contributed by atoms with Gasteiger partial charge >= 0.3 is 0 Å². The van der Waals surface area contributed by atoms with E-state index in [0.29, 0.717) is 6.54 Å². The summed E-state index contributed by atoms with van der Waals surface area (Å²) < 4.78 is 0. The van der Waals surface area contributed by atoms with Gasteiger partial charge in [0.1, 0.15) is 0 Å². The second-order valence-corrected chi connectivity index (χ2v) is 4.37. The van der Waals surface area contributed by atoms with Crippen molar-refractivity contribution in [1.29, 1.82) is 0 Å². The number of rotatable bonds is 5. The summed E-state index contributed by atoms with van der Waals surface area (Å²) in [4.78, 5) is 22.6. The molecule has 1 rings (SSSR count). The average Bonchev–Trinajstić information content (AvgIpc) is 2.76. The molecule has 1 atom stereocenters. The molecule has 1 fully saturated rings. The van der Waals surface area contributed by atoms with Crippen LogP contribution in [0.4, 0.5) is 0 Å². The first-order valence-electron chi connectivity index (χ1n) is 5.09. The van der Waals surface area contributed by atoms with Crippen molar-refractivity contribution in [1.82, 2.24) is 16.0 Å². The minimum Gasteiger partial charge on any atom is -0.355 e. The summed E-state index contributed by atoms with van der Waals surface area (Å²) >= 11 is 1.69. The molecule has 2 amide bonds. The third-order valence-electron chi connectivity index (χ3n) is 2.03. The predicted octanol–water partition coefficient (Wildman–Crippen LogP) is -0.287. The van der Waals surface area contributed by atoms with Gasteiger partial charge in [-0.25, -0.2) is 0 Å². The number of amides is 2. The maximum atomic E-state index is 11.5. The second kappa shape index (κ2) is 8.66. The molecular formula is C9H18ClN3O2S. The van der Waals surface area contributed by atoms with Crippen LogP contribution in [0.25, 0.3) is 0 Å². The molecule has 1 aliphatic heterocycles. The van der Waals surface area contributed by atoms with Crippen LogP contribution in [0.1, 0.15) is 13.3 Å². The lowest BCUT2D eigenvalue weighted by molar-refractivity contribution is -0.126. The highest BCUT2D eigenvalue weighted by Crippen LogP contribution is 2.08. The summed E-state index contributed by atoms with van der Waals surface area (Å²) in [6, 6.07) is -0.144. The van der Waals surface area contributed by atoms with Crippen LogP contribution in [0.2, 0.25) is 0 Å². The molecule has 5 nitrogen and oxygen atoms in total. The number of carbonyl (C=O) groups excluding carboxylic acids is 2. The van der Waals surface area contributed by atoms with E-state index in [9.17, 15) is 9.59 Å². The van der Waals surface area contributed by atoms with E-state index in [-0.39, 0.29) is 36.8 Å². The van der Waals surface area contributed by atoms with E-state index in [1.165, 1.54) is 0 Å². The van der Waals surface area contributed by atoms with E-state index in [1.807, 2.05) is 6.92 Å². The zero-order chi connectivity index (χ0) is 11.1. The first kappa shape index (κ1) is 15.5. The molecule has 16 heavy (non-hydrogen) atoms. The van der Waals surface area contributed by atoms with Gasteiger partial charge in [-0.2, -0.15) is 0 Å². The van der Waals surface area contributed by atoms with Gasteiger partial charge in [0.15, 0.2) is 0 Å². The highest BCUT2D eigenvalue weighted by Gasteiger charge is 2.22. The third kappa shape index (κ3) is 5.58. The summed E-state index contributed by atoms with van der Waals surface area (Å²) in [6.45, 7) is 2.71. The van der Waals surface area contributed by atoms with Gasteiger partial charge < -0.3 is 10.6 Å². The standard InChI is InChI=1S/C9H17N3O2S.ClH/c1-2-3-10-8(13)4-11-9(14)7-5-15-6-12-7;/h7,12H,2-6H2,1H3,(H,10,13)(H,11,14);1H/t7-;/m1./s1. The largest absolute Gasteiger partial charge is 0.355 e. The Kier molecular flexibility index (Phi) is 8.42. The maximum absolute atomic E-state index is 11.5. The molecule has 0 aliphatic carbocycles. The van der Waals surface area contributed by atoms with Gasteiger partial charge in [0.2, 0.25) is 11.8 Å². The highest BCUT2D eigenvalue weighted by molar-refractivity contribution is 7.99.